The number of benzene rings is 1. The minimum Gasteiger partial charge on any atom is -0.497 e. The molecule has 0 aliphatic rings. The standard InChI is InChI=1S/C9H10N2O/c1-10-7-11-8-3-5-9(12-2)6-4-8/h3-6H,1-2H3. The molecule has 0 N–H and O–H groups in total. The number of ether oxygens (including phenoxy) is 1. The summed E-state index contributed by atoms with van der Waals surface area (Å²) in [5, 5.41) is 0. The molecule has 1 aromatic rings. The van der Waals surface area contributed by atoms with Crippen LogP contribution in [-0.2, 0) is 0 Å². The Morgan fingerprint density at radius 3 is 2.42 bits per heavy atom. The van der Waals surface area contributed by atoms with E-state index >= 15 is 0 Å². The fraction of sp³-hybridized carbons (Fsp3) is 0.222. The van der Waals surface area contributed by atoms with E-state index in [4.69, 9.17) is 4.74 Å². The average molecular weight is 162 g/mol. The van der Waals surface area contributed by atoms with E-state index in [0.717, 1.165) is 11.4 Å². The van der Waals surface area contributed by atoms with Crippen LogP contribution < -0.4 is 4.74 Å². The number of nitrogens with zero attached hydrogens (tertiary/aromatic N) is 2. The highest BCUT2D eigenvalue weighted by Crippen LogP contribution is 2.16. The summed E-state index contributed by atoms with van der Waals surface area (Å²) >= 11 is 0. The minimum absolute atomic E-state index is 0.821. The fourth-order valence-electron chi connectivity index (χ4n) is 0.764. The molecule has 0 aliphatic heterocycles. The Morgan fingerprint density at radius 1 is 1.25 bits per heavy atom. The minimum atomic E-state index is 0.821. The van der Waals surface area contributed by atoms with Crippen molar-refractivity contribution in [2.45, 2.75) is 0 Å². The maximum atomic E-state index is 4.99. The number of hydrogen-bond acceptors (Lipinski definition) is 3. The van der Waals surface area contributed by atoms with E-state index in [2.05, 4.69) is 16.0 Å². The van der Waals surface area contributed by atoms with Crippen molar-refractivity contribution < 1.29 is 4.74 Å². The van der Waals surface area contributed by atoms with Crippen LogP contribution in [0.2, 0.25) is 0 Å². The van der Waals surface area contributed by atoms with Crippen LogP contribution in [0.1, 0.15) is 0 Å². The van der Waals surface area contributed by atoms with Gasteiger partial charge in [0.2, 0.25) is 0 Å². The lowest BCUT2D eigenvalue weighted by molar-refractivity contribution is 0.415. The van der Waals surface area contributed by atoms with Crippen LogP contribution in [0.25, 0.3) is 0 Å². The lowest BCUT2D eigenvalue weighted by Gasteiger charge is -1.97. The SMILES string of the molecule is CN=C=Nc1ccc(OC)cc1. The zero-order valence-electron chi connectivity index (χ0n) is 7.11. The highest BCUT2D eigenvalue weighted by atomic mass is 16.5. The molecule has 1 aromatic carbocycles. The number of aliphatic imine (C=N–C) groups is 2. The van der Waals surface area contributed by atoms with Gasteiger partial charge < -0.3 is 4.74 Å². The molecule has 1 rings (SSSR count). The van der Waals surface area contributed by atoms with Crippen molar-refractivity contribution in [3.8, 4) is 5.75 Å². The summed E-state index contributed by atoms with van der Waals surface area (Å²) in [6.07, 6.45) is 0. The molecule has 0 radical (unpaired) electrons. The molecule has 12 heavy (non-hydrogen) atoms. The molecule has 0 unspecified atom stereocenters. The van der Waals surface area contributed by atoms with E-state index in [1.165, 1.54) is 0 Å². The first-order valence-corrected chi connectivity index (χ1v) is 3.55. The lowest BCUT2D eigenvalue weighted by Crippen LogP contribution is -1.79. The van der Waals surface area contributed by atoms with Gasteiger partial charge in [0.1, 0.15) is 5.75 Å². The second-order valence-corrected chi connectivity index (χ2v) is 2.13. The van der Waals surface area contributed by atoms with Gasteiger partial charge in [-0.2, -0.15) is 4.99 Å². The predicted octanol–water partition coefficient (Wildman–Crippen LogP) is 2.13. The highest BCUT2D eigenvalue weighted by Gasteiger charge is 1.89. The Balaban J connectivity index is 2.85. The average Bonchev–Trinajstić information content (AvgIpc) is 2.15. The van der Waals surface area contributed by atoms with Gasteiger partial charge in [0.05, 0.1) is 18.8 Å². The second kappa shape index (κ2) is 4.31. The van der Waals surface area contributed by atoms with Gasteiger partial charge in [-0.1, -0.05) is 0 Å². The van der Waals surface area contributed by atoms with Gasteiger partial charge in [0, 0.05) is 7.05 Å². The number of methoxy groups -OCH3 is 1. The topological polar surface area (TPSA) is 34.0 Å². The van der Waals surface area contributed by atoms with Crippen LogP contribution in [0.5, 0.6) is 5.75 Å². The van der Waals surface area contributed by atoms with Crippen molar-refractivity contribution in [2.75, 3.05) is 14.2 Å². The van der Waals surface area contributed by atoms with E-state index in [0.29, 0.717) is 0 Å². The molecule has 0 saturated carbocycles. The zero-order chi connectivity index (χ0) is 8.81. The van der Waals surface area contributed by atoms with Crippen LogP contribution in [0.3, 0.4) is 0 Å². The van der Waals surface area contributed by atoms with Crippen molar-refractivity contribution in [1.82, 2.24) is 0 Å². The largest absolute Gasteiger partial charge is 0.497 e. The van der Waals surface area contributed by atoms with Gasteiger partial charge in [-0.25, -0.2) is 4.99 Å². The number of rotatable bonds is 2. The molecule has 3 heteroatoms. The predicted molar refractivity (Wildman–Crippen MR) is 48.4 cm³/mol. The van der Waals surface area contributed by atoms with Crippen LogP contribution in [0.4, 0.5) is 5.69 Å². The third-order valence-corrected chi connectivity index (χ3v) is 1.35. The molecular formula is C9H10N2O. The summed E-state index contributed by atoms with van der Waals surface area (Å²) in [5.74, 6) is 0.822. The molecule has 62 valence electrons. The molecule has 0 atom stereocenters. The first kappa shape index (κ1) is 8.50. The molecule has 0 amide bonds. The highest BCUT2D eigenvalue weighted by molar-refractivity contribution is 5.53. The Kier molecular flexibility index (Phi) is 3.05. The summed E-state index contributed by atoms with van der Waals surface area (Å²) in [5.41, 5.74) is 0.821. The van der Waals surface area contributed by atoms with Crippen LogP contribution in [0.15, 0.2) is 34.3 Å². The van der Waals surface area contributed by atoms with Gasteiger partial charge in [-0.3, -0.25) is 0 Å². The molecule has 0 aliphatic carbocycles. The maximum absolute atomic E-state index is 4.99. The Bertz CT molecular complexity index is 297. The van der Waals surface area contributed by atoms with E-state index in [1.807, 2.05) is 24.3 Å². The van der Waals surface area contributed by atoms with Crippen LogP contribution in [-0.4, -0.2) is 20.2 Å². The fourth-order valence-corrected chi connectivity index (χ4v) is 0.764. The van der Waals surface area contributed by atoms with Crippen molar-refractivity contribution in [3.63, 3.8) is 0 Å². The van der Waals surface area contributed by atoms with Crippen molar-refractivity contribution >= 4 is 11.7 Å². The van der Waals surface area contributed by atoms with Crippen molar-refractivity contribution in [1.29, 1.82) is 0 Å². The smallest absolute Gasteiger partial charge is 0.119 e. The Labute approximate surface area is 71.4 Å². The lowest BCUT2D eigenvalue weighted by atomic mass is 10.3. The van der Waals surface area contributed by atoms with Crippen LogP contribution >= 0.6 is 0 Å². The van der Waals surface area contributed by atoms with Gasteiger partial charge in [0.25, 0.3) is 0 Å². The normalized spacial score (nSPS) is 8.50. The quantitative estimate of drug-likeness (QED) is 0.613. The second-order valence-electron chi connectivity index (χ2n) is 2.13. The molecule has 0 fully saturated rings. The molecule has 0 heterocycles. The summed E-state index contributed by atoms with van der Waals surface area (Å²) < 4.78 is 4.99. The van der Waals surface area contributed by atoms with Crippen LogP contribution in [0, 0.1) is 0 Å². The molecule has 3 nitrogen and oxygen atoms in total. The monoisotopic (exact) mass is 162 g/mol. The Morgan fingerprint density at radius 2 is 1.92 bits per heavy atom. The zero-order valence-corrected chi connectivity index (χ0v) is 7.11. The third kappa shape index (κ3) is 2.22. The van der Waals surface area contributed by atoms with E-state index < -0.39 is 0 Å². The molecule has 0 saturated heterocycles. The first-order chi connectivity index (χ1) is 5.86. The van der Waals surface area contributed by atoms with Crippen molar-refractivity contribution in [3.05, 3.63) is 24.3 Å². The summed E-state index contributed by atoms with van der Waals surface area (Å²) in [6.45, 7) is 0. The summed E-state index contributed by atoms with van der Waals surface area (Å²) in [7, 11) is 3.26. The van der Waals surface area contributed by atoms with Crippen molar-refractivity contribution in [2.24, 2.45) is 9.98 Å². The molecule has 0 aromatic heterocycles. The Hall–Kier alpha value is -1.60. The molecule has 0 spiro atoms. The van der Waals surface area contributed by atoms with Gasteiger partial charge in [-0.05, 0) is 24.3 Å². The van der Waals surface area contributed by atoms with Gasteiger partial charge >= 0.3 is 0 Å². The first-order valence-electron chi connectivity index (χ1n) is 3.55. The maximum Gasteiger partial charge on any atom is 0.119 e. The summed E-state index contributed by atoms with van der Waals surface area (Å²) in [6, 6.07) is 9.89. The third-order valence-electron chi connectivity index (χ3n) is 1.35. The van der Waals surface area contributed by atoms with E-state index in [-0.39, 0.29) is 0 Å². The van der Waals surface area contributed by atoms with Gasteiger partial charge in [-0.15, -0.1) is 0 Å². The molecular weight excluding hydrogens is 152 g/mol. The van der Waals surface area contributed by atoms with Gasteiger partial charge in [0.15, 0.2) is 0 Å². The number of hydrogen-bond donors (Lipinski definition) is 0. The van der Waals surface area contributed by atoms with E-state index in [1.54, 1.807) is 14.2 Å². The summed E-state index contributed by atoms with van der Waals surface area (Å²) in [4.78, 5) is 7.55. The molecule has 0 bridgehead atoms. The van der Waals surface area contributed by atoms with E-state index in [9.17, 15) is 0 Å².